The molecule has 1 N–H and O–H groups in total. The predicted molar refractivity (Wildman–Crippen MR) is 99.2 cm³/mol. The van der Waals surface area contributed by atoms with E-state index in [2.05, 4.69) is 9.97 Å². The van der Waals surface area contributed by atoms with Gasteiger partial charge in [-0.1, -0.05) is 6.07 Å². The minimum absolute atomic E-state index is 0.0359. The van der Waals surface area contributed by atoms with E-state index in [0.717, 1.165) is 8.28 Å². The van der Waals surface area contributed by atoms with E-state index in [9.17, 15) is 18.3 Å². The van der Waals surface area contributed by atoms with Gasteiger partial charge >= 0.3 is 16.2 Å². The largest absolute Gasteiger partial charge is 0.494 e. The van der Waals surface area contributed by atoms with E-state index < -0.39 is 16.2 Å². The minimum atomic E-state index is -4.02. The topological polar surface area (TPSA) is 115 Å². The minimum Gasteiger partial charge on any atom is -0.494 e. The van der Waals surface area contributed by atoms with Crippen LogP contribution in [-0.4, -0.2) is 58.9 Å². The molecule has 0 saturated heterocycles. The van der Waals surface area contributed by atoms with E-state index in [1.54, 1.807) is 31.2 Å². The van der Waals surface area contributed by atoms with Crippen LogP contribution < -0.4 is 4.74 Å². The van der Waals surface area contributed by atoms with Crippen LogP contribution in [0.5, 0.6) is 5.75 Å². The van der Waals surface area contributed by atoms with Crippen molar-refractivity contribution in [2.75, 3.05) is 21.2 Å². The van der Waals surface area contributed by atoms with Gasteiger partial charge in [-0.05, 0) is 31.2 Å². The second-order valence-electron chi connectivity index (χ2n) is 5.97. The van der Waals surface area contributed by atoms with E-state index in [-0.39, 0.29) is 22.6 Å². The number of hydrogen-bond donors (Lipinski definition) is 1. The molecular weight excluding hydrogens is 372 g/mol. The Morgan fingerprint density at radius 3 is 2.48 bits per heavy atom. The molecule has 0 saturated carbocycles. The lowest BCUT2D eigenvalue weighted by molar-refractivity contribution is 0.0697. The molecule has 0 aliphatic carbocycles. The molecule has 2 aromatic heterocycles. The Morgan fingerprint density at radius 1 is 1.19 bits per heavy atom. The first-order chi connectivity index (χ1) is 12.7. The van der Waals surface area contributed by atoms with Gasteiger partial charge < -0.3 is 9.84 Å². The molecule has 0 spiro atoms. The second kappa shape index (κ2) is 6.63. The number of fused-ring (bicyclic) bond motifs is 1. The number of imidazole rings is 1. The van der Waals surface area contributed by atoms with E-state index in [0.29, 0.717) is 17.0 Å². The van der Waals surface area contributed by atoms with Crippen LogP contribution in [0.1, 0.15) is 16.1 Å². The van der Waals surface area contributed by atoms with Gasteiger partial charge in [0.25, 0.3) is 0 Å². The van der Waals surface area contributed by atoms with Crippen molar-refractivity contribution in [1.82, 2.24) is 18.2 Å². The number of aryl methyl sites for hydroxylation is 1. The molecule has 0 bridgehead atoms. The van der Waals surface area contributed by atoms with Crippen LogP contribution >= 0.6 is 0 Å². The molecule has 0 amide bonds. The molecule has 142 valence electrons. The van der Waals surface area contributed by atoms with E-state index in [1.165, 1.54) is 27.3 Å². The zero-order chi connectivity index (χ0) is 19.9. The summed E-state index contributed by atoms with van der Waals surface area (Å²) < 4.78 is 33.3. The number of aromatic nitrogens is 3. The molecule has 1 aromatic carbocycles. The summed E-state index contributed by atoms with van der Waals surface area (Å²) in [5.74, 6) is -0.958. The van der Waals surface area contributed by atoms with E-state index in [1.807, 2.05) is 0 Å². The van der Waals surface area contributed by atoms with E-state index in [4.69, 9.17) is 4.74 Å². The van der Waals surface area contributed by atoms with Crippen LogP contribution in [0.2, 0.25) is 0 Å². The fourth-order valence-electron chi connectivity index (χ4n) is 2.66. The standard InChI is InChI=1S/C17H18N4O5S/c1-10-8-9-11(17(22)23)14(18-10)16-19-15-12(6-5-7-13(15)26-4)21(16)27(24,25)20(2)3/h5-9H,1-4H3,(H,22,23). The number of pyridine rings is 1. The Bertz CT molecular complexity index is 1150. The van der Waals surface area contributed by atoms with Crippen LogP contribution in [0.25, 0.3) is 22.6 Å². The third-order valence-corrected chi connectivity index (χ3v) is 5.75. The fraction of sp³-hybridized carbons (Fsp3) is 0.235. The number of carbonyl (C=O) groups is 1. The van der Waals surface area contributed by atoms with Gasteiger partial charge in [0.2, 0.25) is 0 Å². The molecule has 0 atom stereocenters. The summed E-state index contributed by atoms with van der Waals surface area (Å²) in [6.45, 7) is 1.68. The molecule has 10 heteroatoms. The van der Waals surface area contributed by atoms with Gasteiger partial charge in [0, 0.05) is 19.8 Å². The summed E-state index contributed by atoms with van der Waals surface area (Å²) in [4.78, 5) is 20.3. The normalized spacial score (nSPS) is 11.9. The molecule has 3 rings (SSSR count). The molecule has 0 radical (unpaired) electrons. The Hall–Kier alpha value is -2.98. The number of methoxy groups -OCH3 is 1. The van der Waals surface area contributed by atoms with Crippen molar-refractivity contribution in [2.24, 2.45) is 0 Å². The van der Waals surface area contributed by atoms with Crippen molar-refractivity contribution in [3.05, 3.63) is 41.6 Å². The highest BCUT2D eigenvalue weighted by molar-refractivity contribution is 7.87. The van der Waals surface area contributed by atoms with Crippen LogP contribution in [0.4, 0.5) is 0 Å². The second-order valence-corrected chi connectivity index (χ2v) is 7.96. The number of ether oxygens (including phenoxy) is 1. The highest BCUT2D eigenvalue weighted by Gasteiger charge is 2.29. The van der Waals surface area contributed by atoms with E-state index >= 15 is 0 Å². The third kappa shape index (κ3) is 3.02. The predicted octanol–water partition coefficient (Wildman–Crippen LogP) is 1.77. The zero-order valence-electron chi connectivity index (χ0n) is 15.2. The third-order valence-electron chi connectivity index (χ3n) is 4.00. The monoisotopic (exact) mass is 390 g/mol. The average molecular weight is 390 g/mol. The maximum Gasteiger partial charge on any atom is 0.338 e. The highest BCUT2D eigenvalue weighted by Crippen LogP contribution is 2.33. The smallest absolute Gasteiger partial charge is 0.338 e. The maximum atomic E-state index is 13.0. The number of carboxylic acids is 1. The molecule has 0 aliphatic rings. The lowest BCUT2D eigenvalue weighted by atomic mass is 10.1. The van der Waals surface area contributed by atoms with Crippen molar-refractivity contribution in [3.63, 3.8) is 0 Å². The summed E-state index contributed by atoms with van der Waals surface area (Å²) in [5.41, 5.74) is 0.900. The molecule has 27 heavy (non-hydrogen) atoms. The Labute approximate surface area is 156 Å². The van der Waals surface area contributed by atoms with Crippen LogP contribution in [0.15, 0.2) is 30.3 Å². The van der Waals surface area contributed by atoms with Gasteiger partial charge in [-0.3, -0.25) is 0 Å². The Balaban J connectivity index is 2.52. The average Bonchev–Trinajstić information content (AvgIpc) is 3.01. The fourth-order valence-corrected chi connectivity index (χ4v) is 3.73. The van der Waals surface area contributed by atoms with Crippen LogP contribution in [-0.2, 0) is 10.2 Å². The van der Waals surface area contributed by atoms with Crippen LogP contribution in [0.3, 0.4) is 0 Å². The first kappa shape index (κ1) is 18.8. The highest BCUT2D eigenvalue weighted by atomic mass is 32.2. The number of benzene rings is 1. The number of nitrogens with zero attached hydrogens (tertiary/aromatic N) is 4. The summed E-state index contributed by atoms with van der Waals surface area (Å²) >= 11 is 0. The SMILES string of the molecule is COc1cccc2c1nc(-c1nc(C)ccc1C(=O)O)n2S(=O)(=O)N(C)C. The first-order valence-electron chi connectivity index (χ1n) is 7.88. The molecule has 0 unspecified atom stereocenters. The Morgan fingerprint density at radius 2 is 1.89 bits per heavy atom. The maximum absolute atomic E-state index is 13.0. The number of para-hydroxylation sites is 1. The number of aromatic carboxylic acids is 1. The molecule has 0 aliphatic heterocycles. The lowest BCUT2D eigenvalue weighted by Crippen LogP contribution is -2.29. The number of carboxylic acid groups (broad SMARTS) is 1. The summed E-state index contributed by atoms with van der Waals surface area (Å²) in [6.07, 6.45) is 0. The van der Waals surface area contributed by atoms with Crippen molar-refractivity contribution < 1.29 is 23.1 Å². The van der Waals surface area contributed by atoms with Gasteiger partial charge in [-0.25, -0.2) is 18.7 Å². The van der Waals surface area contributed by atoms with Gasteiger partial charge in [-0.15, -0.1) is 0 Å². The van der Waals surface area contributed by atoms with Gasteiger partial charge in [0.05, 0.1) is 18.2 Å². The van der Waals surface area contributed by atoms with Gasteiger partial charge in [-0.2, -0.15) is 12.7 Å². The van der Waals surface area contributed by atoms with Crippen molar-refractivity contribution in [2.45, 2.75) is 6.92 Å². The Kier molecular flexibility index (Phi) is 4.62. The molecule has 3 aromatic rings. The summed E-state index contributed by atoms with van der Waals surface area (Å²) in [7, 11) is 0.189. The van der Waals surface area contributed by atoms with Crippen molar-refractivity contribution in [1.29, 1.82) is 0 Å². The molecule has 9 nitrogen and oxygen atoms in total. The molecule has 2 heterocycles. The number of hydrogen-bond acceptors (Lipinski definition) is 6. The number of rotatable bonds is 5. The van der Waals surface area contributed by atoms with Gasteiger partial charge in [0.1, 0.15) is 17.0 Å². The van der Waals surface area contributed by atoms with Crippen molar-refractivity contribution >= 4 is 27.2 Å². The van der Waals surface area contributed by atoms with Gasteiger partial charge in [0.15, 0.2) is 5.82 Å². The summed E-state index contributed by atoms with van der Waals surface area (Å²) in [6, 6.07) is 7.78. The molecular formula is C17H18N4O5S. The zero-order valence-corrected chi connectivity index (χ0v) is 16.0. The lowest BCUT2D eigenvalue weighted by Gasteiger charge is -2.16. The quantitative estimate of drug-likeness (QED) is 0.706. The van der Waals surface area contributed by atoms with Crippen molar-refractivity contribution in [3.8, 4) is 17.3 Å². The summed E-state index contributed by atoms with van der Waals surface area (Å²) in [5, 5.41) is 9.53. The van der Waals surface area contributed by atoms with Crippen LogP contribution in [0, 0.1) is 6.92 Å². The molecule has 0 fully saturated rings. The first-order valence-corrected chi connectivity index (χ1v) is 9.28.